The van der Waals surface area contributed by atoms with E-state index in [1.165, 1.54) is 0 Å². The summed E-state index contributed by atoms with van der Waals surface area (Å²) < 4.78 is 0. The highest BCUT2D eigenvalue weighted by atomic mass is 16.2. The predicted molar refractivity (Wildman–Crippen MR) is 105 cm³/mol. The zero-order valence-corrected chi connectivity index (χ0v) is 15.3. The van der Waals surface area contributed by atoms with E-state index in [0.717, 1.165) is 18.7 Å². The van der Waals surface area contributed by atoms with Crippen molar-refractivity contribution < 1.29 is 4.79 Å². The molecule has 1 fully saturated rings. The molecule has 1 N–H and O–H groups in total. The molecule has 0 saturated carbocycles. The molecule has 6 nitrogen and oxygen atoms in total. The Labute approximate surface area is 157 Å². The molecule has 2 heterocycles. The first-order chi connectivity index (χ1) is 13.1. The molecule has 0 spiro atoms. The second kappa shape index (κ2) is 7.32. The van der Waals surface area contributed by atoms with E-state index in [1.807, 2.05) is 60.4 Å². The van der Waals surface area contributed by atoms with Crippen molar-refractivity contribution in [3.05, 3.63) is 76.3 Å². The first-order valence-electron chi connectivity index (χ1n) is 9.21. The maximum atomic E-state index is 12.6. The molecule has 1 saturated heterocycles. The van der Waals surface area contributed by atoms with Crippen molar-refractivity contribution in [2.24, 2.45) is 0 Å². The molecular weight excluding hydrogens is 340 g/mol. The standard InChI is InChI=1S/C21H22N4O2/c1-15(19-22-18-10-6-5-9-17(18)20(26)23-19)24-11-13-25(14-12-24)21(27)16-7-3-2-4-8-16/h2-10,15H,11-14H2,1H3,(H,22,23,26). The van der Waals surface area contributed by atoms with Crippen LogP contribution < -0.4 is 5.56 Å². The molecule has 4 rings (SSSR count). The molecule has 6 heteroatoms. The summed E-state index contributed by atoms with van der Waals surface area (Å²) in [5.74, 6) is 0.738. The van der Waals surface area contributed by atoms with Gasteiger partial charge in [0.25, 0.3) is 11.5 Å². The summed E-state index contributed by atoms with van der Waals surface area (Å²) in [4.78, 5) is 36.6. The highest BCUT2D eigenvalue weighted by molar-refractivity contribution is 5.94. The monoisotopic (exact) mass is 362 g/mol. The minimum Gasteiger partial charge on any atom is -0.336 e. The Morgan fingerprint density at radius 2 is 1.67 bits per heavy atom. The number of amides is 1. The molecule has 1 aliphatic heterocycles. The summed E-state index contributed by atoms with van der Waals surface area (Å²) in [5.41, 5.74) is 1.32. The van der Waals surface area contributed by atoms with Crippen molar-refractivity contribution in [2.45, 2.75) is 13.0 Å². The van der Waals surface area contributed by atoms with Crippen LogP contribution in [0.5, 0.6) is 0 Å². The van der Waals surface area contributed by atoms with E-state index in [0.29, 0.717) is 29.8 Å². The molecule has 27 heavy (non-hydrogen) atoms. The van der Waals surface area contributed by atoms with Crippen molar-refractivity contribution in [2.75, 3.05) is 26.2 Å². The number of aromatic nitrogens is 2. The average molecular weight is 362 g/mol. The SMILES string of the molecule is CC(c1nc2ccccc2c(=O)[nH]1)N1CCN(C(=O)c2ccccc2)CC1. The molecule has 0 aliphatic carbocycles. The Bertz CT molecular complexity index is 1010. The Hall–Kier alpha value is -2.99. The van der Waals surface area contributed by atoms with Gasteiger partial charge < -0.3 is 9.88 Å². The Kier molecular flexibility index (Phi) is 4.73. The highest BCUT2D eigenvalue weighted by Gasteiger charge is 2.26. The minimum atomic E-state index is -0.111. The number of fused-ring (bicyclic) bond motifs is 1. The van der Waals surface area contributed by atoms with Crippen molar-refractivity contribution in [1.82, 2.24) is 19.8 Å². The van der Waals surface area contributed by atoms with Gasteiger partial charge in [0.15, 0.2) is 0 Å². The average Bonchev–Trinajstić information content (AvgIpc) is 2.73. The van der Waals surface area contributed by atoms with Crippen LogP contribution in [-0.2, 0) is 0 Å². The maximum Gasteiger partial charge on any atom is 0.258 e. The van der Waals surface area contributed by atoms with Crippen LogP contribution in [0.2, 0.25) is 0 Å². The molecule has 1 amide bonds. The van der Waals surface area contributed by atoms with Gasteiger partial charge in [0.05, 0.1) is 16.9 Å². The van der Waals surface area contributed by atoms with E-state index >= 15 is 0 Å². The number of H-pyrrole nitrogens is 1. The van der Waals surface area contributed by atoms with Gasteiger partial charge in [-0.1, -0.05) is 30.3 Å². The predicted octanol–water partition coefficient (Wildman–Crippen LogP) is 2.44. The van der Waals surface area contributed by atoms with E-state index in [4.69, 9.17) is 0 Å². The lowest BCUT2D eigenvalue weighted by atomic mass is 10.1. The van der Waals surface area contributed by atoms with Gasteiger partial charge >= 0.3 is 0 Å². The van der Waals surface area contributed by atoms with Gasteiger partial charge in [-0.2, -0.15) is 0 Å². The van der Waals surface area contributed by atoms with E-state index in [9.17, 15) is 9.59 Å². The summed E-state index contributed by atoms with van der Waals surface area (Å²) in [6, 6.07) is 16.7. The largest absolute Gasteiger partial charge is 0.336 e. The fraction of sp³-hybridized carbons (Fsp3) is 0.286. The number of rotatable bonds is 3. The second-order valence-corrected chi connectivity index (χ2v) is 6.84. The third-order valence-corrected chi connectivity index (χ3v) is 5.20. The van der Waals surface area contributed by atoms with Gasteiger partial charge in [-0.15, -0.1) is 0 Å². The number of piperazine rings is 1. The van der Waals surface area contributed by atoms with Crippen molar-refractivity contribution in [3.8, 4) is 0 Å². The summed E-state index contributed by atoms with van der Waals surface area (Å²) >= 11 is 0. The molecule has 1 atom stereocenters. The van der Waals surface area contributed by atoms with E-state index in [1.54, 1.807) is 6.07 Å². The van der Waals surface area contributed by atoms with Crippen molar-refractivity contribution in [3.63, 3.8) is 0 Å². The number of hydrogen-bond acceptors (Lipinski definition) is 4. The fourth-order valence-electron chi connectivity index (χ4n) is 3.55. The van der Waals surface area contributed by atoms with Crippen LogP contribution in [-0.4, -0.2) is 51.9 Å². The smallest absolute Gasteiger partial charge is 0.258 e. The number of carbonyl (C=O) groups is 1. The molecule has 1 aliphatic rings. The summed E-state index contributed by atoms with van der Waals surface area (Å²) in [7, 11) is 0. The molecule has 2 aromatic carbocycles. The lowest BCUT2D eigenvalue weighted by Gasteiger charge is -2.37. The quantitative estimate of drug-likeness (QED) is 0.777. The van der Waals surface area contributed by atoms with Crippen molar-refractivity contribution in [1.29, 1.82) is 0 Å². The van der Waals surface area contributed by atoms with Crippen LogP contribution in [0, 0.1) is 0 Å². The van der Waals surface area contributed by atoms with E-state index in [-0.39, 0.29) is 17.5 Å². The molecule has 1 unspecified atom stereocenters. The lowest BCUT2D eigenvalue weighted by Crippen LogP contribution is -2.49. The number of carbonyl (C=O) groups excluding carboxylic acids is 1. The second-order valence-electron chi connectivity index (χ2n) is 6.84. The number of benzene rings is 2. The van der Waals surface area contributed by atoms with Crippen LogP contribution in [0.1, 0.15) is 29.1 Å². The zero-order chi connectivity index (χ0) is 18.8. The number of aromatic amines is 1. The molecule has 3 aromatic rings. The molecule has 0 radical (unpaired) electrons. The van der Waals surface area contributed by atoms with Gasteiger partial charge in [0.2, 0.25) is 0 Å². The van der Waals surface area contributed by atoms with E-state index in [2.05, 4.69) is 14.9 Å². The van der Waals surface area contributed by atoms with Gasteiger partial charge in [0.1, 0.15) is 5.82 Å². The Balaban J connectivity index is 1.47. The number of nitrogens with one attached hydrogen (secondary N) is 1. The summed E-state index contributed by atoms with van der Waals surface area (Å²) in [6.07, 6.45) is 0. The third-order valence-electron chi connectivity index (χ3n) is 5.20. The van der Waals surface area contributed by atoms with Gasteiger partial charge in [0, 0.05) is 31.7 Å². The van der Waals surface area contributed by atoms with Crippen LogP contribution in [0.25, 0.3) is 10.9 Å². The fourth-order valence-corrected chi connectivity index (χ4v) is 3.55. The van der Waals surface area contributed by atoms with Crippen molar-refractivity contribution >= 4 is 16.8 Å². The number of hydrogen-bond donors (Lipinski definition) is 1. The summed E-state index contributed by atoms with van der Waals surface area (Å²) in [5, 5.41) is 0.603. The molecule has 138 valence electrons. The summed E-state index contributed by atoms with van der Waals surface area (Å²) in [6.45, 7) is 4.86. The van der Waals surface area contributed by atoms with E-state index < -0.39 is 0 Å². The molecular formula is C21H22N4O2. The van der Waals surface area contributed by atoms with Crippen LogP contribution in [0.4, 0.5) is 0 Å². The first-order valence-corrected chi connectivity index (χ1v) is 9.21. The minimum absolute atomic E-state index is 0.0173. The number of nitrogens with zero attached hydrogens (tertiary/aromatic N) is 3. The topological polar surface area (TPSA) is 69.3 Å². The van der Waals surface area contributed by atoms with Gasteiger partial charge in [-0.3, -0.25) is 14.5 Å². The zero-order valence-electron chi connectivity index (χ0n) is 15.3. The van der Waals surface area contributed by atoms with Crippen LogP contribution >= 0.6 is 0 Å². The molecule has 0 bridgehead atoms. The third kappa shape index (κ3) is 3.48. The maximum absolute atomic E-state index is 12.6. The van der Waals surface area contributed by atoms with Crippen LogP contribution in [0.15, 0.2) is 59.4 Å². The first kappa shape index (κ1) is 17.4. The van der Waals surface area contributed by atoms with Gasteiger partial charge in [-0.05, 0) is 31.2 Å². The Morgan fingerprint density at radius 3 is 2.41 bits per heavy atom. The van der Waals surface area contributed by atoms with Gasteiger partial charge in [-0.25, -0.2) is 4.98 Å². The normalized spacial score (nSPS) is 16.4. The van der Waals surface area contributed by atoms with Crippen LogP contribution in [0.3, 0.4) is 0 Å². The molecule has 1 aromatic heterocycles. The highest BCUT2D eigenvalue weighted by Crippen LogP contribution is 2.20. The number of para-hydroxylation sites is 1. The lowest BCUT2D eigenvalue weighted by molar-refractivity contribution is 0.0575. The Morgan fingerprint density at radius 1 is 1.00 bits per heavy atom.